The van der Waals surface area contributed by atoms with Crippen LogP contribution in [-0.2, 0) is 11.2 Å². The highest BCUT2D eigenvalue weighted by molar-refractivity contribution is 6.32. The maximum Gasteiger partial charge on any atom is 0.255 e. The monoisotopic (exact) mass is 641 g/mol. The smallest absolute Gasteiger partial charge is 0.255 e. The van der Waals surface area contributed by atoms with E-state index in [2.05, 4.69) is 49.3 Å². The van der Waals surface area contributed by atoms with E-state index < -0.39 is 5.54 Å². The van der Waals surface area contributed by atoms with E-state index >= 15 is 0 Å². The lowest BCUT2D eigenvalue weighted by Crippen LogP contribution is -2.44. The summed E-state index contributed by atoms with van der Waals surface area (Å²) < 4.78 is 5.58. The van der Waals surface area contributed by atoms with Gasteiger partial charge in [0.2, 0.25) is 5.91 Å². The second kappa shape index (κ2) is 13.6. The molecule has 0 unspecified atom stereocenters. The van der Waals surface area contributed by atoms with Crippen LogP contribution in [0.25, 0.3) is 11.3 Å². The molecule has 0 saturated carbocycles. The molecule has 2 amide bonds. The molecule has 10 nitrogen and oxygen atoms in total. The number of nitrogens with zero attached hydrogens (tertiary/aromatic N) is 4. The largest absolute Gasteiger partial charge is 0.493 e. The average Bonchev–Trinajstić information content (AvgIpc) is 3.62. The lowest BCUT2D eigenvalue weighted by Gasteiger charge is -2.32. The molecule has 3 aliphatic heterocycles. The molecule has 2 aromatic heterocycles. The fourth-order valence-corrected chi connectivity index (χ4v) is 6.69. The molecule has 0 bridgehead atoms. The molecule has 3 N–H and O–H groups in total. The Balaban J connectivity index is 1.30. The van der Waals surface area contributed by atoms with Crippen molar-refractivity contribution < 1.29 is 14.3 Å². The van der Waals surface area contributed by atoms with Crippen molar-refractivity contribution in [1.82, 2.24) is 30.0 Å². The summed E-state index contributed by atoms with van der Waals surface area (Å²) in [5.74, 6) is 7.11. The van der Waals surface area contributed by atoms with Crippen molar-refractivity contribution in [3.63, 3.8) is 0 Å². The van der Waals surface area contributed by atoms with Gasteiger partial charge < -0.3 is 30.2 Å². The van der Waals surface area contributed by atoms with Crippen LogP contribution in [0.3, 0.4) is 0 Å². The van der Waals surface area contributed by atoms with Gasteiger partial charge in [0.05, 0.1) is 40.3 Å². The first kappa shape index (κ1) is 31.7. The number of methoxy groups -OCH3 is 1. The Morgan fingerprint density at radius 2 is 2.04 bits per heavy atom. The van der Waals surface area contributed by atoms with E-state index in [-0.39, 0.29) is 11.8 Å². The van der Waals surface area contributed by atoms with Crippen LogP contribution >= 0.6 is 11.6 Å². The van der Waals surface area contributed by atoms with Crippen LogP contribution in [-0.4, -0.2) is 102 Å². The molecule has 3 aliphatic rings. The normalized spacial score (nSPS) is 20.3. The van der Waals surface area contributed by atoms with E-state index in [0.29, 0.717) is 58.5 Å². The van der Waals surface area contributed by atoms with Gasteiger partial charge in [-0.05, 0) is 45.0 Å². The van der Waals surface area contributed by atoms with Gasteiger partial charge in [-0.15, -0.1) is 0 Å². The van der Waals surface area contributed by atoms with Gasteiger partial charge in [-0.1, -0.05) is 35.6 Å². The number of aromatic amines is 1. The molecule has 1 aromatic carbocycles. The fourth-order valence-electron chi connectivity index (χ4n) is 6.44. The number of hydrogen-bond acceptors (Lipinski definition) is 7. The number of amides is 2. The van der Waals surface area contributed by atoms with Crippen LogP contribution in [0.4, 0.5) is 11.4 Å². The topological polar surface area (TPSA) is 106 Å². The van der Waals surface area contributed by atoms with Gasteiger partial charge in [-0.3, -0.25) is 19.5 Å². The van der Waals surface area contributed by atoms with Gasteiger partial charge in [-0.25, -0.2) is 0 Å². The molecule has 6 rings (SSSR count). The summed E-state index contributed by atoms with van der Waals surface area (Å²) >= 11 is 6.43. The number of pyridine rings is 1. The van der Waals surface area contributed by atoms with Crippen LogP contribution in [0.2, 0.25) is 5.02 Å². The Labute approximate surface area is 275 Å². The summed E-state index contributed by atoms with van der Waals surface area (Å²) in [6.07, 6.45) is 9.45. The Kier molecular flexibility index (Phi) is 9.36. The number of likely N-dealkylation sites (N-methyl/N-ethyl adjacent to an activating group) is 1. The van der Waals surface area contributed by atoms with Crippen molar-refractivity contribution in [3.05, 3.63) is 70.7 Å². The molecule has 46 heavy (non-hydrogen) atoms. The van der Waals surface area contributed by atoms with Crippen molar-refractivity contribution in [2.24, 2.45) is 0 Å². The molecule has 0 spiro atoms. The van der Waals surface area contributed by atoms with Gasteiger partial charge in [0.25, 0.3) is 5.91 Å². The van der Waals surface area contributed by atoms with Crippen molar-refractivity contribution in [2.45, 2.75) is 31.7 Å². The van der Waals surface area contributed by atoms with E-state index in [1.165, 1.54) is 0 Å². The number of halogens is 1. The first-order chi connectivity index (χ1) is 22.3. The third-order valence-electron chi connectivity index (χ3n) is 9.08. The minimum atomic E-state index is -0.619. The molecular weight excluding hydrogens is 602 g/mol. The zero-order valence-corrected chi connectivity index (χ0v) is 27.3. The predicted molar refractivity (Wildman–Crippen MR) is 181 cm³/mol. The number of anilines is 2. The van der Waals surface area contributed by atoms with Crippen molar-refractivity contribution in [1.29, 1.82) is 0 Å². The van der Waals surface area contributed by atoms with Gasteiger partial charge in [0.1, 0.15) is 5.54 Å². The van der Waals surface area contributed by atoms with Gasteiger partial charge in [0.15, 0.2) is 5.75 Å². The standard InChI is InChI=1S/C35H40ClN7O3/c1-35(13-6-18-43(35)29(44)9-5-17-42-21-19-41(2)20-22-42)14-10-24-23-37-15-11-25(24)31-32(30-27(39-31)12-16-38-34(30)45)40-28-8-4-7-26(36)33(28)46-3/h4-5,7-9,11,15,23,39-40H,6,12-13,16-22H2,1-3H3,(H,38,45)/b9-5+/t35-/m1/s1. The lowest BCUT2D eigenvalue weighted by molar-refractivity contribution is -0.128. The Bertz CT molecular complexity index is 1720. The second-order valence-electron chi connectivity index (χ2n) is 12.2. The molecule has 1 atom stereocenters. The Hall–Kier alpha value is -4.30. The number of nitrogens with one attached hydrogen (secondary N) is 3. The van der Waals surface area contributed by atoms with Gasteiger partial charge in [-0.2, -0.15) is 0 Å². The number of para-hydroxylation sites is 1. The van der Waals surface area contributed by atoms with Crippen LogP contribution in [0.15, 0.2) is 48.8 Å². The molecule has 2 saturated heterocycles. The first-order valence-corrected chi connectivity index (χ1v) is 16.1. The quantitative estimate of drug-likeness (QED) is 0.261. The van der Waals surface area contributed by atoms with E-state index in [4.69, 9.17) is 16.3 Å². The van der Waals surface area contributed by atoms with Gasteiger partial charge in [0, 0.05) is 82.0 Å². The summed E-state index contributed by atoms with van der Waals surface area (Å²) in [7, 11) is 3.70. The van der Waals surface area contributed by atoms with E-state index in [9.17, 15) is 9.59 Å². The van der Waals surface area contributed by atoms with E-state index in [1.54, 1.807) is 31.6 Å². The summed E-state index contributed by atoms with van der Waals surface area (Å²) in [5, 5.41) is 6.84. The lowest BCUT2D eigenvalue weighted by atomic mass is 9.97. The number of carbonyl (C=O) groups excluding carboxylic acids is 2. The molecule has 5 heterocycles. The molecule has 2 fully saturated rings. The molecular formula is C35H40ClN7O3. The van der Waals surface area contributed by atoms with Crippen LogP contribution in [0.1, 0.15) is 41.4 Å². The summed E-state index contributed by atoms with van der Waals surface area (Å²) in [6, 6.07) is 7.32. The zero-order chi connectivity index (χ0) is 32.3. The molecule has 3 aromatic rings. The maximum atomic E-state index is 13.4. The number of H-pyrrole nitrogens is 1. The number of benzene rings is 1. The predicted octanol–water partition coefficient (Wildman–Crippen LogP) is 4.30. The molecule has 240 valence electrons. The Morgan fingerprint density at radius 1 is 1.22 bits per heavy atom. The number of likely N-dealkylation sites (tertiary alicyclic amines) is 1. The highest BCUT2D eigenvalue weighted by Gasteiger charge is 2.37. The number of carbonyl (C=O) groups is 2. The van der Waals surface area contributed by atoms with Crippen LogP contribution in [0, 0.1) is 11.8 Å². The fraction of sp³-hybridized carbons (Fsp3) is 0.400. The molecule has 0 radical (unpaired) electrons. The van der Waals surface area contributed by atoms with Crippen molar-refractivity contribution in [2.75, 3.05) is 65.3 Å². The Morgan fingerprint density at radius 3 is 2.85 bits per heavy atom. The second-order valence-corrected chi connectivity index (χ2v) is 12.6. The first-order valence-electron chi connectivity index (χ1n) is 15.8. The van der Waals surface area contributed by atoms with E-state index in [0.717, 1.165) is 56.8 Å². The SMILES string of the molecule is COc1c(Cl)cccc1Nc1c(-c2ccncc2C#C[C@@]2(C)CCCN2C(=O)/C=C/CN2CCN(C)CC2)[nH]c2c1C(=O)NCC2. The van der Waals surface area contributed by atoms with E-state index in [1.807, 2.05) is 36.1 Å². The highest BCUT2D eigenvalue weighted by atomic mass is 35.5. The average molecular weight is 642 g/mol. The number of piperazine rings is 1. The minimum Gasteiger partial charge on any atom is -0.493 e. The number of hydrogen-bond donors (Lipinski definition) is 3. The van der Waals surface area contributed by atoms with Crippen LogP contribution < -0.4 is 15.4 Å². The summed E-state index contributed by atoms with van der Waals surface area (Å²) in [4.78, 5) is 41.0. The highest BCUT2D eigenvalue weighted by Crippen LogP contribution is 2.41. The molecule has 11 heteroatoms. The minimum absolute atomic E-state index is 0.0140. The number of rotatable bonds is 7. The third-order valence-corrected chi connectivity index (χ3v) is 9.38. The van der Waals surface area contributed by atoms with Gasteiger partial charge >= 0.3 is 0 Å². The summed E-state index contributed by atoms with van der Waals surface area (Å²) in [6.45, 7) is 8.11. The van der Waals surface area contributed by atoms with Crippen molar-refractivity contribution in [3.8, 4) is 28.8 Å². The number of fused-ring (bicyclic) bond motifs is 1. The van der Waals surface area contributed by atoms with Crippen LogP contribution in [0.5, 0.6) is 5.75 Å². The third kappa shape index (κ3) is 6.49. The zero-order valence-electron chi connectivity index (χ0n) is 26.6. The summed E-state index contributed by atoms with van der Waals surface area (Å²) in [5.41, 5.74) is 4.19. The maximum absolute atomic E-state index is 13.4. The molecule has 0 aliphatic carbocycles. The number of ether oxygens (including phenoxy) is 1. The van der Waals surface area contributed by atoms with Crippen molar-refractivity contribution >= 4 is 34.8 Å². The number of aromatic nitrogens is 2.